The largest absolute Gasteiger partial charge is 0.378 e. The van der Waals surface area contributed by atoms with Gasteiger partial charge in [-0.1, -0.05) is 59.6 Å². The molecule has 3 unspecified atom stereocenters. The van der Waals surface area contributed by atoms with E-state index < -0.39 is 0 Å². The van der Waals surface area contributed by atoms with Crippen molar-refractivity contribution in [1.29, 1.82) is 0 Å². The first kappa shape index (κ1) is 20.2. The Kier molecular flexibility index (Phi) is 5.25. The Bertz CT molecular complexity index is 1180. The fourth-order valence-corrected chi connectivity index (χ4v) is 5.42. The molecule has 3 aromatic rings. The van der Waals surface area contributed by atoms with Gasteiger partial charge in [-0.3, -0.25) is 4.79 Å². The van der Waals surface area contributed by atoms with Crippen LogP contribution < -0.4 is 10.6 Å². The minimum absolute atomic E-state index is 0.0288. The van der Waals surface area contributed by atoms with Crippen LogP contribution >= 0.6 is 23.2 Å². The third-order valence-electron chi connectivity index (χ3n) is 6.32. The molecule has 0 fully saturated rings. The molecule has 3 atom stereocenters. The molecule has 3 aromatic carbocycles. The first-order valence-corrected chi connectivity index (χ1v) is 11.2. The van der Waals surface area contributed by atoms with Gasteiger partial charge in [0, 0.05) is 38.5 Å². The van der Waals surface area contributed by atoms with Gasteiger partial charge in [-0.2, -0.15) is 0 Å². The van der Waals surface area contributed by atoms with E-state index >= 15 is 0 Å². The van der Waals surface area contributed by atoms with Crippen LogP contribution in [0.4, 0.5) is 11.4 Å². The second-order valence-corrected chi connectivity index (χ2v) is 9.00. The van der Waals surface area contributed by atoms with Crippen molar-refractivity contribution >= 4 is 40.5 Å². The van der Waals surface area contributed by atoms with E-state index in [1.54, 1.807) is 0 Å². The molecular formula is C26H22Cl2N2O. The Morgan fingerprint density at radius 1 is 1.03 bits per heavy atom. The molecule has 1 aliphatic carbocycles. The van der Waals surface area contributed by atoms with Crippen molar-refractivity contribution in [1.82, 2.24) is 0 Å². The number of nitrogens with one attached hydrogen (secondary N) is 2. The molecule has 2 aliphatic rings. The van der Waals surface area contributed by atoms with Crippen molar-refractivity contribution in [2.45, 2.75) is 25.3 Å². The summed E-state index contributed by atoms with van der Waals surface area (Å²) < 4.78 is 0. The first-order chi connectivity index (χ1) is 15.0. The standard InChI is InChI=1S/C26H22Cl2N2O/c1-15-6-2-3-7-17(15)26(31)29-16-12-13-23-20(14-16)18-8-4-9-19(18)25(30-23)24-21(27)10-5-11-22(24)28/h2-8,10-14,18-19,25,30H,9H2,1H3,(H,29,31). The molecule has 0 spiro atoms. The van der Waals surface area contributed by atoms with E-state index in [1.807, 2.05) is 61.5 Å². The van der Waals surface area contributed by atoms with Crippen molar-refractivity contribution in [3.63, 3.8) is 0 Å². The fourth-order valence-electron chi connectivity index (χ4n) is 4.79. The third-order valence-corrected chi connectivity index (χ3v) is 6.98. The highest BCUT2D eigenvalue weighted by atomic mass is 35.5. The van der Waals surface area contributed by atoms with Crippen LogP contribution in [0.25, 0.3) is 0 Å². The number of carbonyl (C=O) groups is 1. The summed E-state index contributed by atoms with van der Waals surface area (Å²) in [7, 11) is 0. The summed E-state index contributed by atoms with van der Waals surface area (Å²) in [5.41, 5.74) is 5.61. The topological polar surface area (TPSA) is 41.1 Å². The van der Waals surface area contributed by atoms with Gasteiger partial charge >= 0.3 is 0 Å². The second kappa shape index (κ2) is 8.07. The van der Waals surface area contributed by atoms with E-state index in [0.717, 1.165) is 28.9 Å². The number of fused-ring (bicyclic) bond motifs is 3. The van der Waals surface area contributed by atoms with E-state index in [4.69, 9.17) is 23.2 Å². The molecule has 1 amide bonds. The molecule has 5 rings (SSSR count). The van der Waals surface area contributed by atoms with Gasteiger partial charge in [-0.15, -0.1) is 0 Å². The number of hydrogen-bond donors (Lipinski definition) is 2. The molecule has 0 radical (unpaired) electrons. The molecule has 0 bridgehead atoms. The van der Waals surface area contributed by atoms with E-state index in [0.29, 0.717) is 21.5 Å². The highest BCUT2D eigenvalue weighted by Crippen LogP contribution is 2.52. The van der Waals surface area contributed by atoms with Crippen LogP contribution in [-0.4, -0.2) is 5.91 Å². The van der Waals surface area contributed by atoms with Crippen molar-refractivity contribution in [3.05, 3.63) is 105 Å². The van der Waals surface area contributed by atoms with Crippen LogP contribution in [0.15, 0.2) is 72.8 Å². The molecule has 31 heavy (non-hydrogen) atoms. The minimum atomic E-state index is -0.0962. The molecule has 156 valence electrons. The molecule has 0 saturated heterocycles. The molecular weight excluding hydrogens is 427 g/mol. The number of hydrogen-bond acceptors (Lipinski definition) is 2. The molecule has 2 N–H and O–H groups in total. The van der Waals surface area contributed by atoms with Crippen molar-refractivity contribution in [2.24, 2.45) is 5.92 Å². The maximum absolute atomic E-state index is 12.8. The van der Waals surface area contributed by atoms with Gasteiger partial charge in [-0.05, 0) is 66.8 Å². The van der Waals surface area contributed by atoms with Crippen molar-refractivity contribution in [2.75, 3.05) is 10.6 Å². The quantitative estimate of drug-likeness (QED) is 0.410. The van der Waals surface area contributed by atoms with E-state index in [1.165, 1.54) is 5.56 Å². The normalized spacial score (nSPS) is 21.2. The van der Waals surface area contributed by atoms with Gasteiger partial charge < -0.3 is 10.6 Å². The first-order valence-electron chi connectivity index (χ1n) is 10.4. The average molecular weight is 449 g/mol. The number of carbonyl (C=O) groups excluding carboxylic acids is 1. The Labute approximate surface area is 192 Å². The number of anilines is 2. The van der Waals surface area contributed by atoms with Crippen LogP contribution in [0.2, 0.25) is 10.0 Å². The average Bonchev–Trinajstić information content (AvgIpc) is 3.24. The molecule has 0 aromatic heterocycles. The van der Waals surface area contributed by atoms with Crippen molar-refractivity contribution in [3.8, 4) is 0 Å². The summed E-state index contributed by atoms with van der Waals surface area (Å²) in [4.78, 5) is 12.8. The van der Waals surface area contributed by atoms with Crippen LogP contribution in [0.1, 0.15) is 45.4 Å². The van der Waals surface area contributed by atoms with E-state index in [-0.39, 0.29) is 17.9 Å². The maximum atomic E-state index is 12.8. The Balaban J connectivity index is 1.47. The Hall–Kier alpha value is -2.75. The molecule has 1 heterocycles. The monoisotopic (exact) mass is 448 g/mol. The lowest BCUT2D eigenvalue weighted by Crippen LogP contribution is -2.29. The smallest absolute Gasteiger partial charge is 0.255 e. The zero-order valence-electron chi connectivity index (χ0n) is 17.0. The van der Waals surface area contributed by atoms with E-state index in [2.05, 4.69) is 28.9 Å². The van der Waals surface area contributed by atoms with E-state index in [9.17, 15) is 4.79 Å². The fraction of sp³-hybridized carbons (Fsp3) is 0.192. The van der Waals surface area contributed by atoms with Crippen LogP contribution in [0.5, 0.6) is 0 Å². The van der Waals surface area contributed by atoms with Gasteiger partial charge in [0.1, 0.15) is 0 Å². The predicted molar refractivity (Wildman–Crippen MR) is 128 cm³/mol. The van der Waals surface area contributed by atoms with Crippen molar-refractivity contribution < 1.29 is 4.79 Å². The summed E-state index contributed by atoms with van der Waals surface area (Å²) in [6, 6.07) is 19.3. The zero-order chi connectivity index (χ0) is 21.5. The molecule has 5 heteroatoms. The molecule has 0 saturated carbocycles. The van der Waals surface area contributed by atoms with Gasteiger partial charge in [0.2, 0.25) is 0 Å². The Morgan fingerprint density at radius 3 is 2.58 bits per heavy atom. The summed E-state index contributed by atoms with van der Waals surface area (Å²) in [5.74, 6) is 0.456. The second-order valence-electron chi connectivity index (χ2n) is 8.18. The number of allylic oxidation sites excluding steroid dienone is 2. The number of amides is 1. The summed E-state index contributed by atoms with van der Waals surface area (Å²) in [6.45, 7) is 1.94. The predicted octanol–water partition coefficient (Wildman–Crippen LogP) is 7.38. The van der Waals surface area contributed by atoms with Gasteiger partial charge in [0.15, 0.2) is 0 Å². The highest BCUT2D eigenvalue weighted by molar-refractivity contribution is 6.36. The number of aryl methyl sites for hydroxylation is 1. The van der Waals surface area contributed by atoms with Gasteiger partial charge in [0.25, 0.3) is 5.91 Å². The minimum Gasteiger partial charge on any atom is -0.378 e. The number of halogens is 2. The van der Waals surface area contributed by atoms with Gasteiger partial charge in [-0.25, -0.2) is 0 Å². The summed E-state index contributed by atoms with van der Waals surface area (Å²) in [6.07, 6.45) is 5.43. The van der Waals surface area contributed by atoms with Crippen LogP contribution in [0.3, 0.4) is 0 Å². The van der Waals surface area contributed by atoms with Crippen LogP contribution in [-0.2, 0) is 0 Å². The highest BCUT2D eigenvalue weighted by Gasteiger charge is 2.39. The summed E-state index contributed by atoms with van der Waals surface area (Å²) >= 11 is 13.1. The van der Waals surface area contributed by atoms with Gasteiger partial charge in [0.05, 0.1) is 6.04 Å². The maximum Gasteiger partial charge on any atom is 0.255 e. The lowest BCUT2D eigenvalue weighted by molar-refractivity contribution is 0.102. The lowest BCUT2D eigenvalue weighted by Gasteiger charge is -2.38. The molecule has 3 nitrogen and oxygen atoms in total. The Morgan fingerprint density at radius 2 is 1.81 bits per heavy atom. The SMILES string of the molecule is Cc1ccccc1C(=O)Nc1ccc2c(c1)C1C=CCC1C(c1c(Cl)cccc1Cl)N2. The third kappa shape index (κ3) is 3.62. The summed E-state index contributed by atoms with van der Waals surface area (Å²) in [5, 5.41) is 8.09. The lowest BCUT2D eigenvalue weighted by atomic mass is 9.77. The zero-order valence-corrected chi connectivity index (χ0v) is 18.5. The number of rotatable bonds is 3. The van der Waals surface area contributed by atoms with Crippen LogP contribution in [0, 0.1) is 12.8 Å². The molecule has 1 aliphatic heterocycles. The number of benzene rings is 3.